The highest BCUT2D eigenvalue weighted by atomic mass is 35.5. The Bertz CT molecular complexity index is 964. The number of likely N-dealkylation sites (tertiary alicyclic amines) is 1. The third-order valence-electron chi connectivity index (χ3n) is 6.05. The van der Waals surface area contributed by atoms with Crippen molar-refractivity contribution in [3.8, 4) is 0 Å². The van der Waals surface area contributed by atoms with Gasteiger partial charge in [0.2, 0.25) is 0 Å². The van der Waals surface area contributed by atoms with Gasteiger partial charge < -0.3 is 9.80 Å². The number of amides is 2. The van der Waals surface area contributed by atoms with Crippen LogP contribution in [-0.2, 0) is 16.1 Å². The second-order valence-corrected chi connectivity index (χ2v) is 8.49. The number of piperidine rings is 1. The molecule has 0 spiro atoms. The minimum atomic E-state index is -0.249. The minimum Gasteiger partial charge on any atom is -0.366 e. The molecule has 0 N–H and O–H groups in total. The number of carbonyl (C=O) groups is 2. The highest BCUT2D eigenvalue weighted by Crippen LogP contribution is 2.34. The SMILES string of the molecule is CN1CCC(N(C)C2=C(c3ccc(Cl)cc3)C(=O)N(Cc3ccccc3)C2=O)CC1. The molecular weight excluding hydrogens is 398 g/mol. The lowest BCUT2D eigenvalue weighted by molar-refractivity contribution is -0.138. The molecule has 0 atom stereocenters. The molecule has 2 aromatic carbocycles. The van der Waals surface area contributed by atoms with Gasteiger partial charge in [0.1, 0.15) is 5.70 Å². The van der Waals surface area contributed by atoms with Gasteiger partial charge in [-0.1, -0.05) is 54.1 Å². The van der Waals surface area contributed by atoms with Crippen LogP contribution in [-0.4, -0.2) is 59.7 Å². The van der Waals surface area contributed by atoms with Gasteiger partial charge in [-0.05, 0) is 56.2 Å². The molecule has 6 heteroatoms. The molecule has 2 amide bonds. The molecule has 2 aliphatic heterocycles. The molecule has 2 aliphatic rings. The van der Waals surface area contributed by atoms with E-state index < -0.39 is 0 Å². The van der Waals surface area contributed by atoms with Crippen LogP contribution in [0.3, 0.4) is 0 Å². The van der Waals surface area contributed by atoms with Gasteiger partial charge in [0, 0.05) is 18.1 Å². The second kappa shape index (κ2) is 8.62. The standard InChI is InChI=1S/C24H26ClN3O2/c1-26-14-12-20(13-15-26)27(2)22-21(18-8-10-19(25)11-9-18)23(29)28(24(22)30)16-17-6-4-3-5-7-17/h3-11,20H,12-16H2,1-2H3. The van der Waals surface area contributed by atoms with E-state index in [9.17, 15) is 9.59 Å². The molecule has 0 radical (unpaired) electrons. The summed E-state index contributed by atoms with van der Waals surface area (Å²) in [5.74, 6) is -0.476. The van der Waals surface area contributed by atoms with Crippen molar-refractivity contribution in [3.63, 3.8) is 0 Å². The Hall–Kier alpha value is -2.63. The molecule has 0 aromatic heterocycles. The lowest BCUT2D eigenvalue weighted by Gasteiger charge is -2.36. The van der Waals surface area contributed by atoms with Gasteiger partial charge in [0.25, 0.3) is 11.8 Å². The number of benzene rings is 2. The van der Waals surface area contributed by atoms with Gasteiger partial charge >= 0.3 is 0 Å². The van der Waals surface area contributed by atoms with Crippen LogP contribution < -0.4 is 0 Å². The molecule has 2 aromatic rings. The Morgan fingerprint density at radius 2 is 1.60 bits per heavy atom. The molecule has 4 rings (SSSR count). The zero-order chi connectivity index (χ0) is 21.3. The molecule has 0 aliphatic carbocycles. The Kier molecular flexibility index (Phi) is 5.93. The molecule has 30 heavy (non-hydrogen) atoms. The van der Waals surface area contributed by atoms with Crippen LogP contribution in [0.5, 0.6) is 0 Å². The number of halogens is 1. The number of hydrogen-bond acceptors (Lipinski definition) is 4. The van der Waals surface area contributed by atoms with Crippen molar-refractivity contribution in [1.82, 2.24) is 14.7 Å². The fourth-order valence-corrected chi connectivity index (χ4v) is 4.37. The van der Waals surface area contributed by atoms with E-state index in [4.69, 9.17) is 11.6 Å². The Balaban J connectivity index is 1.71. The van der Waals surface area contributed by atoms with Gasteiger partial charge in [0.15, 0.2) is 0 Å². The molecule has 1 saturated heterocycles. The van der Waals surface area contributed by atoms with E-state index in [2.05, 4.69) is 11.9 Å². The van der Waals surface area contributed by atoms with Gasteiger partial charge in [-0.15, -0.1) is 0 Å². The number of imide groups is 1. The maximum Gasteiger partial charge on any atom is 0.278 e. The van der Waals surface area contributed by atoms with E-state index in [1.165, 1.54) is 4.90 Å². The van der Waals surface area contributed by atoms with Gasteiger partial charge in [0.05, 0.1) is 12.1 Å². The second-order valence-electron chi connectivity index (χ2n) is 8.06. The Morgan fingerprint density at radius 3 is 2.23 bits per heavy atom. The van der Waals surface area contributed by atoms with Crippen LogP contribution >= 0.6 is 11.6 Å². The van der Waals surface area contributed by atoms with Crippen molar-refractivity contribution in [1.29, 1.82) is 0 Å². The highest BCUT2D eigenvalue weighted by Gasteiger charge is 2.42. The van der Waals surface area contributed by atoms with Crippen LogP contribution in [0.15, 0.2) is 60.3 Å². The first-order chi connectivity index (χ1) is 14.5. The predicted molar refractivity (Wildman–Crippen MR) is 119 cm³/mol. The molecule has 5 nitrogen and oxygen atoms in total. The van der Waals surface area contributed by atoms with Crippen molar-refractivity contribution in [3.05, 3.63) is 76.4 Å². The van der Waals surface area contributed by atoms with Crippen molar-refractivity contribution < 1.29 is 9.59 Å². The lowest BCUT2D eigenvalue weighted by Crippen LogP contribution is -2.43. The van der Waals surface area contributed by atoms with Crippen LogP contribution in [0, 0.1) is 0 Å². The quantitative estimate of drug-likeness (QED) is 0.688. The fourth-order valence-electron chi connectivity index (χ4n) is 4.24. The topological polar surface area (TPSA) is 43.9 Å². The van der Waals surface area contributed by atoms with Crippen molar-refractivity contribution in [2.75, 3.05) is 27.2 Å². The Morgan fingerprint density at radius 1 is 0.967 bits per heavy atom. The van der Waals surface area contributed by atoms with Crippen molar-refractivity contribution in [2.24, 2.45) is 0 Å². The molecule has 2 heterocycles. The summed E-state index contributed by atoms with van der Waals surface area (Å²) in [6.45, 7) is 2.23. The molecule has 0 unspecified atom stereocenters. The minimum absolute atomic E-state index is 0.227. The molecule has 0 saturated carbocycles. The molecule has 156 valence electrons. The summed E-state index contributed by atoms with van der Waals surface area (Å²) in [5.41, 5.74) is 2.61. The summed E-state index contributed by atoms with van der Waals surface area (Å²) >= 11 is 6.06. The predicted octanol–water partition coefficient (Wildman–Crippen LogP) is 3.65. The van der Waals surface area contributed by atoms with Crippen LogP contribution in [0.2, 0.25) is 5.02 Å². The molecule has 0 bridgehead atoms. The molecular formula is C24H26ClN3O2. The first-order valence-electron chi connectivity index (χ1n) is 10.3. The fraction of sp³-hybridized carbons (Fsp3) is 0.333. The maximum absolute atomic E-state index is 13.5. The summed E-state index contributed by atoms with van der Waals surface area (Å²) in [6, 6.07) is 17.0. The smallest absolute Gasteiger partial charge is 0.278 e. The van der Waals surface area contributed by atoms with E-state index in [1.54, 1.807) is 12.1 Å². The van der Waals surface area contributed by atoms with Crippen molar-refractivity contribution >= 4 is 29.0 Å². The summed E-state index contributed by atoms with van der Waals surface area (Å²) in [5, 5.41) is 0.600. The van der Waals surface area contributed by atoms with E-state index in [-0.39, 0.29) is 24.4 Å². The highest BCUT2D eigenvalue weighted by molar-refractivity contribution is 6.35. The van der Waals surface area contributed by atoms with Crippen LogP contribution in [0.1, 0.15) is 24.0 Å². The third kappa shape index (κ3) is 4.00. The molecule has 1 fully saturated rings. The van der Waals surface area contributed by atoms with Crippen LogP contribution in [0.4, 0.5) is 0 Å². The van der Waals surface area contributed by atoms with Gasteiger partial charge in [-0.3, -0.25) is 14.5 Å². The number of nitrogens with zero attached hydrogens (tertiary/aromatic N) is 3. The van der Waals surface area contributed by atoms with Crippen LogP contribution in [0.25, 0.3) is 5.57 Å². The number of likely N-dealkylation sites (N-methyl/N-ethyl adjacent to an activating group) is 1. The van der Waals surface area contributed by atoms with E-state index in [1.807, 2.05) is 54.4 Å². The van der Waals surface area contributed by atoms with E-state index in [0.717, 1.165) is 37.1 Å². The average Bonchev–Trinajstić information content (AvgIpc) is 3.00. The normalized spacial score (nSPS) is 18.4. The average molecular weight is 424 g/mol. The van der Waals surface area contributed by atoms with Gasteiger partial charge in [-0.25, -0.2) is 0 Å². The van der Waals surface area contributed by atoms with Gasteiger partial charge in [-0.2, -0.15) is 0 Å². The first kappa shape index (κ1) is 20.6. The zero-order valence-corrected chi connectivity index (χ0v) is 18.1. The summed E-state index contributed by atoms with van der Waals surface area (Å²) in [4.78, 5) is 32.6. The maximum atomic E-state index is 13.5. The first-order valence-corrected chi connectivity index (χ1v) is 10.6. The zero-order valence-electron chi connectivity index (χ0n) is 17.3. The van der Waals surface area contributed by atoms with E-state index in [0.29, 0.717) is 16.3 Å². The third-order valence-corrected chi connectivity index (χ3v) is 6.30. The van der Waals surface area contributed by atoms with E-state index >= 15 is 0 Å². The largest absolute Gasteiger partial charge is 0.366 e. The summed E-state index contributed by atoms with van der Waals surface area (Å²) < 4.78 is 0. The number of hydrogen-bond donors (Lipinski definition) is 0. The number of carbonyl (C=O) groups excluding carboxylic acids is 2. The monoisotopic (exact) mass is 423 g/mol. The Labute approximate surface area is 182 Å². The summed E-state index contributed by atoms with van der Waals surface area (Å²) in [7, 11) is 4.05. The number of rotatable bonds is 5. The summed E-state index contributed by atoms with van der Waals surface area (Å²) in [6.07, 6.45) is 1.93. The lowest BCUT2D eigenvalue weighted by atomic mass is 10.0. The van der Waals surface area contributed by atoms with Crippen molar-refractivity contribution in [2.45, 2.75) is 25.4 Å².